The Bertz CT molecular complexity index is 976. The van der Waals surface area contributed by atoms with E-state index in [0.29, 0.717) is 56.2 Å². The van der Waals surface area contributed by atoms with Crippen LogP contribution >= 0.6 is 0 Å². The van der Waals surface area contributed by atoms with E-state index in [1.165, 1.54) is 0 Å². The van der Waals surface area contributed by atoms with Crippen molar-refractivity contribution in [2.45, 2.75) is 39.5 Å². The van der Waals surface area contributed by atoms with Gasteiger partial charge in [-0.1, -0.05) is 22.9 Å². The van der Waals surface area contributed by atoms with Crippen LogP contribution in [-0.2, 0) is 9.59 Å². The number of nitrogens with zero attached hydrogens (tertiary/aromatic N) is 3. The molecule has 3 heterocycles. The van der Waals surface area contributed by atoms with Gasteiger partial charge in [-0.2, -0.15) is 0 Å². The van der Waals surface area contributed by atoms with Gasteiger partial charge in [0.1, 0.15) is 5.76 Å². The van der Waals surface area contributed by atoms with Gasteiger partial charge in [-0.25, -0.2) is 0 Å². The number of anilines is 1. The number of piperidine rings is 2. The van der Waals surface area contributed by atoms with Crippen LogP contribution in [0.5, 0.6) is 0 Å². The minimum atomic E-state index is -0.179. The molecular formula is C24H30N4O4. The molecule has 1 atom stereocenters. The second-order valence-electron chi connectivity index (χ2n) is 8.87. The molecule has 0 bridgehead atoms. The first-order chi connectivity index (χ1) is 15.4. The molecule has 1 aromatic carbocycles. The van der Waals surface area contributed by atoms with E-state index in [9.17, 15) is 14.4 Å². The van der Waals surface area contributed by atoms with Crippen LogP contribution in [0.25, 0.3) is 0 Å². The Kier molecular flexibility index (Phi) is 6.58. The molecular weight excluding hydrogens is 408 g/mol. The van der Waals surface area contributed by atoms with Gasteiger partial charge >= 0.3 is 0 Å². The van der Waals surface area contributed by atoms with Crippen LogP contribution in [0.1, 0.15) is 47.4 Å². The lowest BCUT2D eigenvalue weighted by Crippen LogP contribution is -2.49. The van der Waals surface area contributed by atoms with Gasteiger partial charge in [-0.15, -0.1) is 0 Å². The van der Waals surface area contributed by atoms with Crippen LogP contribution in [0.3, 0.4) is 0 Å². The molecule has 2 fully saturated rings. The van der Waals surface area contributed by atoms with Crippen molar-refractivity contribution in [1.29, 1.82) is 0 Å². The summed E-state index contributed by atoms with van der Waals surface area (Å²) in [7, 11) is 0. The maximum absolute atomic E-state index is 13.1. The number of hydrogen-bond donors (Lipinski definition) is 1. The number of amides is 3. The molecule has 0 spiro atoms. The SMILES string of the molecule is Cc1ccc(C(=O)N2CCCC(C(=O)N3CCC(C(=O)Nc4cc(C)on4)CC3)C2)cc1. The number of rotatable bonds is 4. The molecule has 1 unspecified atom stereocenters. The lowest BCUT2D eigenvalue weighted by molar-refractivity contribution is -0.139. The number of aromatic nitrogens is 1. The van der Waals surface area contributed by atoms with Gasteiger partial charge in [0.05, 0.1) is 5.92 Å². The molecule has 2 aliphatic rings. The van der Waals surface area contributed by atoms with Crippen molar-refractivity contribution < 1.29 is 18.9 Å². The first kappa shape index (κ1) is 22.0. The zero-order valence-electron chi connectivity index (χ0n) is 18.7. The highest BCUT2D eigenvalue weighted by molar-refractivity contribution is 5.95. The molecule has 8 heteroatoms. The van der Waals surface area contributed by atoms with Gasteiger partial charge in [-0.3, -0.25) is 14.4 Å². The monoisotopic (exact) mass is 438 g/mol. The molecule has 8 nitrogen and oxygen atoms in total. The van der Waals surface area contributed by atoms with E-state index < -0.39 is 0 Å². The summed E-state index contributed by atoms with van der Waals surface area (Å²) in [5.74, 6) is 0.731. The highest BCUT2D eigenvalue weighted by atomic mass is 16.5. The molecule has 4 rings (SSSR count). The molecule has 0 radical (unpaired) electrons. The zero-order chi connectivity index (χ0) is 22.7. The van der Waals surface area contributed by atoms with Crippen LogP contribution < -0.4 is 5.32 Å². The van der Waals surface area contributed by atoms with E-state index in [0.717, 1.165) is 18.4 Å². The molecule has 1 aromatic heterocycles. The number of benzene rings is 1. The van der Waals surface area contributed by atoms with E-state index in [1.54, 1.807) is 17.9 Å². The smallest absolute Gasteiger partial charge is 0.253 e. The summed E-state index contributed by atoms with van der Waals surface area (Å²) in [5.41, 5.74) is 1.78. The second kappa shape index (κ2) is 9.54. The number of nitrogens with one attached hydrogen (secondary N) is 1. The van der Waals surface area contributed by atoms with Crippen molar-refractivity contribution in [3.05, 3.63) is 47.2 Å². The van der Waals surface area contributed by atoms with Crippen LogP contribution in [0, 0.1) is 25.7 Å². The van der Waals surface area contributed by atoms with Gasteiger partial charge in [0.15, 0.2) is 5.82 Å². The molecule has 2 saturated heterocycles. The molecule has 2 aromatic rings. The van der Waals surface area contributed by atoms with Crippen LogP contribution in [0.15, 0.2) is 34.9 Å². The first-order valence-corrected chi connectivity index (χ1v) is 11.3. The zero-order valence-corrected chi connectivity index (χ0v) is 18.7. The van der Waals surface area contributed by atoms with Crippen molar-refractivity contribution in [2.24, 2.45) is 11.8 Å². The van der Waals surface area contributed by atoms with Crippen molar-refractivity contribution in [3.8, 4) is 0 Å². The number of likely N-dealkylation sites (tertiary alicyclic amines) is 2. The largest absolute Gasteiger partial charge is 0.360 e. The van der Waals surface area contributed by atoms with Gasteiger partial charge in [0.2, 0.25) is 11.8 Å². The Morgan fingerprint density at radius 3 is 2.34 bits per heavy atom. The van der Waals surface area contributed by atoms with E-state index in [1.807, 2.05) is 36.1 Å². The Hall–Kier alpha value is -3.16. The summed E-state index contributed by atoms with van der Waals surface area (Å²) in [6.07, 6.45) is 2.85. The lowest BCUT2D eigenvalue weighted by atomic mass is 9.92. The Balaban J connectivity index is 1.29. The number of aryl methyl sites for hydroxylation is 2. The molecule has 32 heavy (non-hydrogen) atoms. The molecule has 1 N–H and O–H groups in total. The predicted molar refractivity (Wildman–Crippen MR) is 119 cm³/mol. The van der Waals surface area contributed by atoms with Crippen LogP contribution in [-0.4, -0.2) is 58.9 Å². The number of hydrogen-bond acceptors (Lipinski definition) is 5. The fourth-order valence-electron chi connectivity index (χ4n) is 4.52. The molecule has 2 aliphatic heterocycles. The third-order valence-electron chi connectivity index (χ3n) is 6.41. The standard InChI is InChI=1S/C24H30N4O4/c1-16-5-7-19(8-6-16)23(30)28-11-3-4-20(15-28)24(31)27-12-9-18(10-13-27)22(29)25-21-14-17(2)32-26-21/h5-8,14,18,20H,3-4,9-13,15H2,1-2H3,(H,25,26,29). The van der Waals surface area contributed by atoms with Crippen molar-refractivity contribution in [1.82, 2.24) is 15.0 Å². The van der Waals surface area contributed by atoms with Gasteiger partial charge in [0, 0.05) is 43.7 Å². The highest BCUT2D eigenvalue weighted by Crippen LogP contribution is 2.25. The topological polar surface area (TPSA) is 95.8 Å². The minimum Gasteiger partial charge on any atom is -0.360 e. The third kappa shape index (κ3) is 5.00. The summed E-state index contributed by atoms with van der Waals surface area (Å²) in [6, 6.07) is 9.25. The average molecular weight is 439 g/mol. The summed E-state index contributed by atoms with van der Waals surface area (Å²) in [5, 5.41) is 6.58. The minimum absolute atomic E-state index is 0.0130. The summed E-state index contributed by atoms with van der Waals surface area (Å²) in [4.78, 5) is 42.2. The summed E-state index contributed by atoms with van der Waals surface area (Å²) >= 11 is 0. The fraction of sp³-hybridized carbons (Fsp3) is 0.500. The summed E-state index contributed by atoms with van der Waals surface area (Å²) < 4.78 is 4.98. The normalized spacial score (nSPS) is 19.6. The van der Waals surface area contributed by atoms with Gasteiger partial charge in [0.25, 0.3) is 5.91 Å². The summed E-state index contributed by atoms with van der Waals surface area (Å²) in [6.45, 7) is 6.01. The van der Waals surface area contributed by atoms with E-state index in [4.69, 9.17) is 4.52 Å². The highest BCUT2D eigenvalue weighted by Gasteiger charge is 2.34. The fourth-order valence-corrected chi connectivity index (χ4v) is 4.52. The Morgan fingerprint density at radius 2 is 1.69 bits per heavy atom. The number of carbonyl (C=O) groups is 3. The molecule has 3 amide bonds. The predicted octanol–water partition coefficient (Wildman–Crippen LogP) is 3.02. The number of carbonyl (C=O) groups excluding carboxylic acids is 3. The van der Waals surface area contributed by atoms with E-state index >= 15 is 0 Å². The first-order valence-electron chi connectivity index (χ1n) is 11.3. The van der Waals surface area contributed by atoms with Crippen LogP contribution in [0.2, 0.25) is 0 Å². The Labute approximate surface area is 187 Å². The van der Waals surface area contributed by atoms with Crippen molar-refractivity contribution >= 4 is 23.5 Å². The molecule has 0 aliphatic carbocycles. The van der Waals surface area contributed by atoms with E-state index in [2.05, 4.69) is 10.5 Å². The lowest BCUT2D eigenvalue weighted by Gasteiger charge is -2.37. The maximum Gasteiger partial charge on any atom is 0.253 e. The van der Waals surface area contributed by atoms with Gasteiger partial charge in [-0.05, 0) is 51.7 Å². The Morgan fingerprint density at radius 1 is 0.969 bits per heavy atom. The maximum atomic E-state index is 13.1. The molecule has 170 valence electrons. The second-order valence-corrected chi connectivity index (χ2v) is 8.87. The quantitative estimate of drug-likeness (QED) is 0.792. The third-order valence-corrected chi connectivity index (χ3v) is 6.41. The van der Waals surface area contributed by atoms with E-state index in [-0.39, 0.29) is 29.6 Å². The van der Waals surface area contributed by atoms with Crippen LogP contribution in [0.4, 0.5) is 5.82 Å². The van der Waals surface area contributed by atoms with Gasteiger partial charge < -0.3 is 19.6 Å². The van der Waals surface area contributed by atoms with Crippen molar-refractivity contribution in [2.75, 3.05) is 31.5 Å². The van der Waals surface area contributed by atoms with Crippen molar-refractivity contribution in [3.63, 3.8) is 0 Å². The average Bonchev–Trinajstić information content (AvgIpc) is 3.23. The molecule has 0 saturated carbocycles.